The van der Waals surface area contributed by atoms with Crippen LogP contribution in [0.3, 0.4) is 0 Å². The average Bonchev–Trinajstić information content (AvgIpc) is 2.54. The van der Waals surface area contributed by atoms with Crippen molar-refractivity contribution in [1.82, 2.24) is 9.88 Å². The van der Waals surface area contributed by atoms with Gasteiger partial charge in [-0.15, -0.1) is 0 Å². The zero-order valence-electron chi connectivity index (χ0n) is 14.0. The largest absolute Gasteiger partial charge is 0.450 e. The molecule has 1 aliphatic heterocycles. The maximum absolute atomic E-state index is 11.9. The summed E-state index contributed by atoms with van der Waals surface area (Å²) < 4.78 is 5.02. The van der Waals surface area contributed by atoms with Crippen LogP contribution in [0.4, 0.5) is 16.3 Å². The number of ether oxygens (including phenoxy) is 1. The number of hydrogen-bond donors (Lipinski definition) is 1. The average molecular weight is 332 g/mol. The van der Waals surface area contributed by atoms with Gasteiger partial charge < -0.3 is 19.9 Å². The highest BCUT2D eigenvalue weighted by atomic mass is 16.6. The standard InChI is InChI=1S/C17H24N4O3/c1-2-24-17(23)21-10-8-20(9-11-21)14-6-7-15(18-12-14)19-16(22)13-4-3-5-13/h6-7,12-13H,2-5,8-11H2,1H3,(H,18,19,22). The molecule has 24 heavy (non-hydrogen) atoms. The molecule has 1 aromatic heterocycles. The highest BCUT2D eigenvalue weighted by molar-refractivity contribution is 5.92. The number of pyridine rings is 1. The Labute approximate surface area is 142 Å². The number of hydrogen-bond acceptors (Lipinski definition) is 5. The first-order valence-corrected chi connectivity index (χ1v) is 8.61. The molecule has 7 heteroatoms. The smallest absolute Gasteiger partial charge is 0.409 e. The number of nitrogens with zero attached hydrogens (tertiary/aromatic N) is 3. The van der Waals surface area contributed by atoms with E-state index in [2.05, 4.69) is 15.2 Å². The predicted octanol–water partition coefficient (Wildman–Crippen LogP) is 2.10. The second kappa shape index (κ2) is 7.51. The lowest BCUT2D eigenvalue weighted by Crippen LogP contribution is -2.49. The SMILES string of the molecule is CCOC(=O)N1CCN(c2ccc(NC(=O)C3CCC3)nc2)CC1. The van der Waals surface area contributed by atoms with Gasteiger partial charge in [-0.2, -0.15) is 0 Å². The summed E-state index contributed by atoms with van der Waals surface area (Å²) in [5.74, 6) is 0.827. The number of carbonyl (C=O) groups excluding carboxylic acids is 2. The van der Waals surface area contributed by atoms with Crippen molar-refractivity contribution in [3.8, 4) is 0 Å². The second-order valence-corrected chi connectivity index (χ2v) is 6.19. The van der Waals surface area contributed by atoms with Gasteiger partial charge >= 0.3 is 6.09 Å². The Morgan fingerprint density at radius 3 is 2.54 bits per heavy atom. The Balaban J connectivity index is 1.51. The van der Waals surface area contributed by atoms with Gasteiger partial charge in [0.1, 0.15) is 5.82 Å². The van der Waals surface area contributed by atoms with E-state index in [1.165, 1.54) is 0 Å². The van der Waals surface area contributed by atoms with E-state index in [-0.39, 0.29) is 17.9 Å². The molecule has 0 spiro atoms. The molecule has 7 nitrogen and oxygen atoms in total. The first kappa shape index (κ1) is 16.5. The van der Waals surface area contributed by atoms with Crippen LogP contribution < -0.4 is 10.2 Å². The molecule has 2 heterocycles. The maximum Gasteiger partial charge on any atom is 0.409 e. The van der Waals surface area contributed by atoms with Crippen LogP contribution in [0.1, 0.15) is 26.2 Å². The minimum Gasteiger partial charge on any atom is -0.450 e. The lowest BCUT2D eigenvalue weighted by molar-refractivity contribution is -0.122. The number of anilines is 2. The van der Waals surface area contributed by atoms with Crippen LogP contribution >= 0.6 is 0 Å². The van der Waals surface area contributed by atoms with Crippen molar-refractivity contribution in [3.05, 3.63) is 18.3 Å². The zero-order valence-corrected chi connectivity index (χ0v) is 14.0. The molecule has 0 unspecified atom stereocenters. The summed E-state index contributed by atoms with van der Waals surface area (Å²) >= 11 is 0. The minimum atomic E-state index is -0.246. The number of rotatable bonds is 4. The lowest BCUT2D eigenvalue weighted by Gasteiger charge is -2.35. The van der Waals surface area contributed by atoms with E-state index < -0.39 is 0 Å². The molecule has 2 amide bonds. The van der Waals surface area contributed by atoms with Crippen molar-refractivity contribution in [3.63, 3.8) is 0 Å². The van der Waals surface area contributed by atoms with Gasteiger partial charge in [-0.05, 0) is 31.9 Å². The number of nitrogens with one attached hydrogen (secondary N) is 1. The van der Waals surface area contributed by atoms with E-state index in [0.717, 1.165) is 38.0 Å². The van der Waals surface area contributed by atoms with Crippen molar-refractivity contribution in [2.75, 3.05) is 43.0 Å². The van der Waals surface area contributed by atoms with E-state index >= 15 is 0 Å². The molecule has 1 N–H and O–H groups in total. The minimum absolute atomic E-state index is 0.0737. The third-order valence-electron chi connectivity index (χ3n) is 4.65. The molecule has 1 saturated heterocycles. The zero-order chi connectivity index (χ0) is 16.9. The fourth-order valence-corrected chi connectivity index (χ4v) is 2.91. The first-order valence-electron chi connectivity index (χ1n) is 8.61. The van der Waals surface area contributed by atoms with Crippen molar-refractivity contribution < 1.29 is 14.3 Å². The van der Waals surface area contributed by atoms with Crippen LogP contribution in [-0.4, -0.2) is 54.7 Å². The summed E-state index contributed by atoms with van der Waals surface area (Å²) in [4.78, 5) is 31.9. The molecule has 0 radical (unpaired) electrons. The molecule has 0 aromatic carbocycles. The third-order valence-corrected chi connectivity index (χ3v) is 4.65. The molecule has 1 aliphatic carbocycles. The van der Waals surface area contributed by atoms with E-state index in [1.807, 2.05) is 19.1 Å². The molecule has 1 aromatic rings. The van der Waals surface area contributed by atoms with Gasteiger partial charge in [0.15, 0.2) is 0 Å². The molecular formula is C17H24N4O3. The highest BCUT2D eigenvalue weighted by Gasteiger charge is 2.25. The first-order chi connectivity index (χ1) is 11.7. The molecule has 0 atom stereocenters. The summed E-state index contributed by atoms with van der Waals surface area (Å²) in [6.45, 7) is 4.97. The van der Waals surface area contributed by atoms with Crippen molar-refractivity contribution in [2.24, 2.45) is 5.92 Å². The van der Waals surface area contributed by atoms with Gasteiger partial charge in [-0.1, -0.05) is 6.42 Å². The monoisotopic (exact) mass is 332 g/mol. The summed E-state index contributed by atoms with van der Waals surface area (Å²) in [5, 5.41) is 2.87. The van der Waals surface area contributed by atoms with Gasteiger partial charge in [0, 0.05) is 32.1 Å². The number of carbonyl (C=O) groups is 2. The molecular weight excluding hydrogens is 308 g/mol. The summed E-state index contributed by atoms with van der Waals surface area (Å²) in [5.41, 5.74) is 1.00. The fourth-order valence-electron chi connectivity index (χ4n) is 2.91. The summed E-state index contributed by atoms with van der Waals surface area (Å²) in [6, 6.07) is 3.80. The van der Waals surface area contributed by atoms with Crippen LogP contribution in [0.15, 0.2) is 18.3 Å². The maximum atomic E-state index is 11.9. The normalized spacial score (nSPS) is 18.0. The molecule has 130 valence electrons. The summed E-state index contributed by atoms with van der Waals surface area (Å²) in [7, 11) is 0. The van der Waals surface area contributed by atoms with Crippen LogP contribution in [0, 0.1) is 5.92 Å². The van der Waals surface area contributed by atoms with Crippen LogP contribution in [0.25, 0.3) is 0 Å². The van der Waals surface area contributed by atoms with E-state index in [9.17, 15) is 9.59 Å². The van der Waals surface area contributed by atoms with Crippen LogP contribution in [0.2, 0.25) is 0 Å². The third kappa shape index (κ3) is 3.77. The molecule has 2 fully saturated rings. The van der Waals surface area contributed by atoms with Gasteiger partial charge in [0.05, 0.1) is 18.5 Å². The van der Waals surface area contributed by atoms with E-state index in [1.54, 1.807) is 11.1 Å². The Morgan fingerprint density at radius 2 is 2.00 bits per heavy atom. The van der Waals surface area contributed by atoms with Crippen LogP contribution in [0.5, 0.6) is 0 Å². The molecule has 0 bridgehead atoms. The van der Waals surface area contributed by atoms with Gasteiger partial charge in [0.2, 0.25) is 5.91 Å². The molecule has 3 rings (SSSR count). The van der Waals surface area contributed by atoms with Crippen molar-refractivity contribution in [2.45, 2.75) is 26.2 Å². The van der Waals surface area contributed by atoms with Gasteiger partial charge in [-0.25, -0.2) is 9.78 Å². The van der Waals surface area contributed by atoms with Gasteiger partial charge in [-0.3, -0.25) is 4.79 Å². The second-order valence-electron chi connectivity index (χ2n) is 6.19. The molecule has 2 aliphatic rings. The van der Waals surface area contributed by atoms with Crippen molar-refractivity contribution >= 4 is 23.5 Å². The Hall–Kier alpha value is -2.31. The van der Waals surface area contributed by atoms with Gasteiger partial charge in [0.25, 0.3) is 0 Å². The predicted molar refractivity (Wildman–Crippen MR) is 91.0 cm³/mol. The Bertz CT molecular complexity index is 578. The topological polar surface area (TPSA) is 74.8 Å². The van der Waals surface area contributed by atoms with Crippen molar-refractivity contribution in [1.29, 1.82) is 0 Å². The number of amides is 2. The summed E-state index contributed by atoms with van der Waals surface area (Å²) in [6.07, 6.45) is 4.63. The fraction of sp³-hybridized carbons (Fsp3) is 0.588. The van der Waals surface area contributed by atoms with E-state index in [0.29, 0.717) is 25.5 Å². The number of piperazine rings is 1. The highest BCUT2D eigenvalue weighted by Crippen LogP contribution is 2.27. The Morgan fingerprint density at radius 1 is 1.25 bits per heavy atom. The quantitative estimate of drug-likeness (QED) is 0.914. The lowest BCUT2D eigenvalue weighted by atomic mass is 9.85. The molecule has 1 saturated carbocycles. The Kier molecular flexibility index (Phi) is 5.17. The number of aromatic nitrogens is 1. The van der Waals surface area contributed by atoms with E-state index in [4.69, 9.17) is 4.74 Å². The van der Waals surface area contributed by atoms with Crippen LogP contribution in [-0.2, 0) is 9.53 Å².